The van der Waals surface area contributed by atoms with E-state index in [4.69, 9.17) is 4.74 Å². The third-order valence-electron chi connectivity index (χ3n) is 6.79. The molecule has 0 saturated heterocycles. The molecule has 2 heteroatoms. The maximum atomic E-state index is 12.1. The smallest absolute Gasteiger partial charge is 0.308 e. The first kappa shape index (κ1) is 32.2. The van der Waals surface area contributed by atoms with Gasteiger partial charge in [-0.05, 0) is 38.5 Å². The highest BCUT2D eigenvalue weighted by molar-refractivity contribution is 5.71. The largest absolute Gasteiger partial charge is 0.465 e. The Morgan fingerprint density at radius 1 is 0.576 bits per heavy atom. The molecule has 2 nitrogen and oxygen atoms in total. The average molecular weight is 465 g/mol. The van der Waals surface area contributed by atoms with E-state index in [0.717, 1.165) is 19.3 Å². The van der Waals surface area contributed by atoms with Crippen LogP contribution in [0.5, 0.6) is 0 Å². The number of hydrogen-bond donors (Lipinski definition) is 0. The fourth-order valence-corrected chi connectivity index (χ4v) is 4.37. The van der Waals surface area contributed by atoms with Crippen LogP contribution in [0.4, 0.5) is 0 Å². The molecule has 0 amide bonds. The van der Waals surface area contributed by atoms with Gasteiger partial charge in [-0.15, -0.1) is 0 Å². The second-order valence-electron chi connectivity index (χ2n) is 10.3. The molecule has 0 N–H and O–H groups in total. The van der Waals surface area contributed by atoms with E-state index in [1.807, 2.05) is 6.92 Å². The molecule has 0 saturated carbocycles. The Hall–Kier alpha value is -0.790. The van der Waals surface area contributed by atoms with Gasteiger partial charge in [-0.3, -0.25) is 4.79 Å². The Bertz CT molecular complexity index is 415. The molecular formula is C31H60O2. The van der Waals surface area contributed by atoms with Crippen LogP contribution in [-0.2, 0) is 9.53 Å². The number of esters is 1. The molecule has 0 aliphatic heterocycles. The van der Waals surface area contributed by atoms with E-state index in [-0.39, 0.29) is 11.9 Å². The second kappa shape index (κ2) is 27.5. The van der Waals surface area contributed by atoms with Crippen molar-refractivity contribution in [1.29, 1.82) is 0 Å². The predicted molar refractivity (Wildman–Crippen MR) is 147 cm³/mol. The van der Waals surface area contributed by atoms with Gasteiger partial charge in [-0.1, -0.05) is 142 Å². The quantitative estimate of drug-likeness (QED) is 0.0722. The summed E-state index contributed by atoms with van der Waals surface area (Å²) in [6.45, 7) is 7.19. The molecule has 0 fully saturated rings. The minimum atomic E-state index is 0.0172. The van der Waals surface area contributed by atoms with Crippen molar-refractivity contribution < 1.29 is 9.53 Å². The van der Waals surface area contributed by atoms with Gasteiger partial charge in [0.05, 0.1) is 12.5 Å². The van der Waals surface area contributed by atoms with Gasteiger partial charge >= 0.3 is 5.97 Å². The van der Waals surface area contributed by atoms with Crippen molar-refractivity contribution in [2.75, 3.05) is 6.61 Å². The lowest BCUT2D eigenvalue weighted by Crippen LogP contribution is -2.15. The molecule has 0 aliphatic rings. The third kappa shape index (κ3) is 25.7. The maximum Gasteiger partial charge on any atom is 0.308 e. The summed E-state index contributed by atoms with van der Waals surface area (Å²) in [5.41, 5.74) is 0. The molecule has 33 heavy (non-hydrogen) atoms. The van der Waals surface area contributed by atoms with Gasteiger partial charge < -0.3 is 4.74 Å². The van der Waals surface area contributed by atoms with Crippen molar-refractivity contribution in [1.82, 2.24) is 0 Å². The van der Waals surface area contributed by atoms with Crippen LogP contribution in [0, 0.1) is 5.92 Å². The minimum Gasteiger partial charge on any atom is -0.465 e. The normalized spacial score (nSPS) is 12.5. The van der Waals surface area contributed by atoms with E-state index in [1.165, 1.54) is 128 Å². The first-order chi connectivity index (χ1) is 16.2. The minimum absolute atomic E-state index is 0.0172. The van der Waals surface area contributed by atoms with Crippen LogP contribution >= 0.6 is 0 Å². The van der Waals surface area contributed by atoms with E-state index in [0.29, 0.717) is 6.61 Å². The summed E-state index contributed by atoms with van der Waals surface area (Å²) in [6, 6.07) is 0. The van der Waals surface area contributed by atoms with Crippen molar-refractivity contribution >= 4 is 5.97 Å². The fourth-order valence-electron chi connectivity index (χ4n) is 4.37. The van der Waals surface area contributed by atoms with Crippen LogP contribution in [0.15, 0.2) is 12.2 Å². The van der Waals surface area contributed by atoms with Gasteiger partial charge in [0.1, 0.15) is 0 Å². The number of ether oxygens (including phenoxy) is 1. The summed E-state index contributed by atoms with van der Waals surface area (Å²) in [5, 5.41) is 0. The molecular weight excluding hydrogens is 404 g/mol. The SMILES string of the molecule is CCCCCCCC/C=C\CCCCCCC(C)C(=O)OCCCCCCCCCCCC. The molecule has 0 spiro atoms. The topological polar surface area (TPSA) is 26.3 Å². The van der Waals surface area contributed by atoms with E-state index in [1.54, 1.807) is 0 Å². The average Bonchev–Trinajstić information content (AvgIpc) is 2.82. The summed E-state index contributed by atoms with van der Waals surface area (Å²) >= 11 is 0. The molecule has 0 bridgehead atoms. The van der Waals surface area contributed by atoms with Gasteiger partial charge in [0, 0.05) is 0 Å². The fraction of sp³-hybridized carbons (Fsp3) is 0.903. The summed E-state index contributed by atoms with van der Waals surface area (Å²) in [4.78, 5) is 12.1. The molecule has 0 aromatic rings. The van der Waals surface area contributed by atoms with Gasteiger partial charge in [-0.2, -0.15) is 0 Å². The molecule has 196 valence electrons. The van der Waals surface area contributed by atoms with Gasteiger partial charge in [0.15, 0.2) is 0 Å². The molecule has 0 radical (unpaired) electrons. The Labute approximate surface area is 208 Å². The summed E-state index contributed by atoms with van der Waals surface area (Å²) in [6.07, 6.45) is 34.6. The monoisotopic (exact) mass is 464 g/mol. The summed E-state index contributed by atoms with van der Waals surface area (Å²) in [5.74, 6) is 0.0777. The second-order valence-corrected chi connectivity index (χ2v) is 10.3. The number of carbonyl (C=O) groups excluding carboxylic acids is 1. The Balaban J connectivity index is 3.35. The molecule has 0 aliphatic carbocycles. The standard InChI is InChI=1S/C31H60O2/c1-4-6-8-10-12-14-16-17-18-19-20-22-24-26-28-30(3)31(32)33-29-27-25-23-21-15-13-11-9-7-5-2/h17-18,30H,4-16,19-29H2,1-3H3/b18-17-. The Morgan fingerprint density at radius 3 is 1.45 bits per heavy atom. The molecule has 0 heterocycles. The Kier molecular flexibility index (Phi) is 26.8. The third-order valence-corrected chi connectivity index (χ3v) is 6.79. The van der Waals surface area contributed by atoms with Crippen molar-refractivity contribution in [3.63, 3.8) is 0 Å². The predicted octanol–water partition coefficient (Wildman–Crippen LogP) is 10.7. The maximum absolute atomic E-state index is 12.1. The zero-order valence-corrected chi connectivity index (χ0v) is 23.0. The number of hydrogen-bond acceptors (Lipinski definition) is 2. The molecule has 0 aromatic carbocycles. The highest BCUT2D eigenvalue weighted by atomic mass is 16.5. The number of allylic oxidation sites excluding steroid dienone is 2. The van der Waals surface area contributed by atoms with Crippen LogP contribution in [0.3, 0.4) is 0 Å². The van der Waals surface area contributed by atoms with Crippen molar-refractivity contribution in [3.8, 4) is 0 Å². The summed E-state index contributed by atoms with van der Waals surface area (Å²) in [7, 11) is 0. The Morgan fingerprint density at radius 2 is 0.970 bits per heavy atom. The molecule has 1 atom stereocenters. The van der Waals surface area contributed by atoms with E-state index in [2.05, 4.69) is 26.0 Å². The highest BCUT2D eigenvalue weighted by Crippen LogP contribution is 2.14. The van der Waals surface area contributed by atoms with Crippen molar-refractivity contribution in [2.45, 2.75) is 168 Å². The van der Waals surface area contributed by atoms with Crippen LogP contribution in [0.25, 0.3) is 0 Å². The van der Waals surface area contributed by atoms with Gasteiger partial charge in [0.2, 0.25) is 0 Å². The van der Waals surface area contributed by atoms with Crippen molar-refractivity contribution in [3.05, 3.63) is 12.2 Å². The molecule has 0 aromatic heterocycles. The van der Waals surface area contributed by atoms with Crippen LogP contribution < -0.4 is 0 Å². The first-order valence-corrected chi connectivity index (χ1v) is 15.0. The molecule has 1 unspecified atom stereocenters. The number of rotatable bonds is 26. The van der Waals surface area contributed by atoms with E-state index >= 15 is 0 Å². The van der Waals surface area contributed by atoms with E-state index < -0.39 is 0 Å². The van der Waals surface area contributed by atoms with Crippen LogP contribution in [0.1, 0.15) is 168 Å². The lowest BCUT2D eigenvalue weighted by molar-refractivity contribution is -0.148. The lowest BCUT2D eigenvalue weighted by atomic mass is 10.0. The van der Waals surface area contributed by atoms with Crippen LogP contribution in [0.2, 0.25) is 0 Å². The number of unbranched alkanes of at least 4 members (excludes halogenated alkanes) is 19. The summed E-state index contributed by atoms with van der Waals surface area (Å²) < 4.78 is 5.50. The highest BCUT2D eigenvalue weighted by Gasteiger charge is 2.13. The van der Waals surface area contributed by atoms with Crippen LogP contribution in [-0.4, -0.2) is 12.6 Å². The zero-order chi connectivity index (χ0) is 24.2. The van der Waals surface area contributed by atoms with Crippen molar-refractivity contribution in [2.24, 2.45) is 5.92 Å². The first-order valence-electron chi connectivity index (χ1n) is 15.0. The van der Waals surface area contributed by atoms with Gasteiger partial charge in [0.25, 0.3) is 0 Å². The lowest BCUT2D eigenvalue weighted by Gasteiger charge is -2.11. The van der Waals surface area contributed by atoms with Gasteiger partial charge in [-0.25, -0.2) is 0 Å². The number of carbonyl (C=O) groups is 1. The zero-order valence-electron chi connectivity index (χ0n) is 23.0. The molecule has 0 rings (SSSR count). The van der Waals surface area contributed by atoms with E-state index in [9.17, 15) is 4.79 Å².